The summed E-state index contributed by atoms with van der Waals surface area (Å²) in [4.78, 5) is 29.2. The fourth-order valence-electron chi connectivity index (χ4n) is 5.08. The summed E-state index contributed by atoms with van der Waals surface area (Å²) in [6.07, 6.45) is 7.46. The van der Waals surface area contributed by atoms with Crippen LogP contribution in [0.2, 0.25) is 0 Å². The number of carbonyl (C=O) groups is 1. The molecule has 0 saturated carbocycles. The average molecular weight is 485 g/mol. The van der Waals surface area contributed by atoms with E-state index in [0.29, 0.717) is 5.56 Å². The number of nitrogens with zero attached hydrogens (tertiary/aromatic N) is 5. The van der Waals surface area contributed by atoms with Crippen LogP contribution in [0.5, 0.6) is 0 Å². The Labute approximate surface area is 214 Å². The van der Waals surface area contributed by atoms with Gasteiger partial charge in [0.05, 0.1) is 0 Å². The highest BCUT2D eigenvalue weighted by Gasteiger charge is 2.22. The van der Waals surface area contributed by atoms with Crippen LogP contribution in [-0.2, 0) is 6.54 Å². The molecule has 2 fully saturated rings. The third-order valence-electron chi connectivity index (χ3n) is 7.44. The van der Waals surface area contributed by atoms with Crippen LogP contribution in [0.3, 0.4) is 0 Å². The Kier molecular flexibility index (Phi) is 7.58. The summed E-state index contributed by atoms with van der Waals surface area (Å²) in [5, 5.41) is 3.25. The molecule has 4 heterocycles. The molecule has 2 aliphatic rings. The minimum absolute atomic E-state index is 0.00928. The third kappa shape index (κ3) is 5.91. The van der Waals surface area contributed by atoms with Gasteiger partial charge in [-0.15, -0.1) is 0 Å². The summed E-state index contributed by atoms with van der Waals surface area (Å²) in [5.74, 6) is 1.02. The van der Waals surface area contributed by atoms with Crippen LogP contribution in [0.25, 0.3) is 11.1 Å². The molecule has 0 atom stereocenters. The smallest absolute Gasteiger partial charge is 0.251 e. The standard InChI is InChI=1S/C29H36N6O/c1-22-5-7-24(18-27(22)25-4-3-11-30-20-25)29(36)32-26-9-12-35(13-10-26)28-8-6-23(19-31-28)21-34-16-14-33(2)15-17-34/h3-8,11,18-20,26H,9-10,12-17,21H2,1-2H3,(H,32,36). The number of likely N-dealkylation sites (N-methyl/N-ethyl adjacent to an activating group) is 1. The van der Waals surface area contributed by atoms with E-state index in [4.69, 9.17) is 4.98 Å². The first-order valence-corrected chi connectivity index (χ1v) is 13.0. The van der Waals surface area contributed by atoms with Gasteiger partial charge in [-0.3, -0.25) is 14.7 Å². The van der Waals surface area contributed by atoms with E-state index in [-0.39, 0.29) is 11.9 Å². The molecule has 2 aromatic heterocycles. The number of hydrogen-bond donors (Lipinski definition) is 1. The van der Waals surface area contributed by atoms with Gasteiger partial charge >= 0.3 is 0 Å². The van der Waals surface area contributed by atoms with Crippen molar-refractivity contribution in [2.75, 3.05) is 51.2 Å². The number of hydrogen-bond acceptors (Lipinski definition) is 6. The first-order chi connectivity index (χ1) is 17.5. The van der Waals surface area contributed by atoms with Crippen molar-refractivity contribution in [3.63, 3.8) is 0 Å². The van der Waals surface area contributed by atoms with Crippen LogP contribution in [0, 0.1) is 6.92 Å². The highest BCUT2D eigenvalue weighted by Crippen LogP contribution is 2.24. The second-order valence-corrected chi connectivity index (χ2v) is 10.1. The maximum Gasteiger partial charge on any atom is 0.251 e. The van der Waals surface area contributed by atoms with Crippen molar-refractivity contribution in [2.24, 2.45) is 0 Å². The second-order valence-electron chi connectivity index (χ2n) is 10.1. The van der Waals surface area contributed by atoms with Crippen LogP contribution in [0.1, 0.15) is 34.3 Å². The van der Waals surface area contributed by atoms with Gasteiger partial charge in [-0.25, -0.2) is 4.98 Å². The van der Waals surface area contributed by atoms with Gasteiger partial charge in [0.2, 0.25) is 0 Å². The molecule has 1 aromatic carbocycles. The van der Waals surface area contributed by atoms with E-state index in [9.17, 15) is 4.79 Å². The van der Waals surface area contributed by atoms with Crippen molar-refractivity contribution < 1.29 is 4.79 Å². The molecule has 0 bridgehead atoms. The normalized spacial score (nSPS) is 17.8. The maximum absolute atomic E-state index is 13.0. The predicted octanol–water partition coefficient (Wildman–Crippen LogP) is 3.60. The van der Waals surface area contributed by atoms with Gasteiger partial charge in [0.15, 0.2) is 0 Å². The molecule has 0 spiro atoms. The van der Waals surface area contributed by atoms with Gasteiger partial charge in [0.1, 0.15) is 5.82 Å². The molecule has 0 radical (unpaired) electrons. The van der Waals surface area contributed by atoms with Crippen molar-refractivity contribution in [1.29, 1.82) is 0 Å². The zero-order chi connectivity index (χ0) is 24.9. The number of rotatable bonds is 6. The molecule has 1 N–H and O–H groups in total. The lowest BCUT2D eigenvalue weighted by atomic mass is 9.98. The third-order valence-corrected chi connectivity index (χ3v) is 7.44. The van der Waals surface area contributed by atoms with E-state index in [0.717, 1.165) is 81.2 Å². The first kappa shape index (κ1) is 24.4. The minimum Gasteiger partial charge on any atom is -0.356 e. The van der Waals surface area contributed by atoms with Crippen LogP contribution in [-0.4, -0.2) is 78.0 Å². The van der Waals surface area contributed by atoms with Crippen molar-refractivity contribution in [2.45, 2.75) is 32.4 Å². The largest absolute Gasteiger partial charge is 0.356 e. The molecule has 188 valence electrons. The molecule has 0 unspecified atom stereocenters. The summed E-state index contributed by atoms with van der Waals surface area (Å²) in [7, 11) is 2.19. The van der Waals surface area contributed by atoms with Crippen molar-refractivity contribution in [3.05, 3.63) is 77.7 Å². The lowest BCUT2D eigenvalue weighted by Gasteiger charge is -2.34. The second kappa shape index (κ2) is 11.2. The number of nitrogens with one attached hydrogen (secondary N) is 1. The number of aromatic nitrogens is 2. The molecular formula is C29H36N6O. The molecule has 3 aromatic rings. The summed E-state index contributed by atoms with van der Waals surface area (Å²) in [6, 6.07) is 14.4. The van der Waals surface area contributed by atoms with Crippen molar-refractivity contribution in [1.82, 2.24) is 25.1 Å². The van der Waals surface area contributed by atoms with E-state index in [1.807, 2.05) is 42.7 Å². The Balaban J connectivity index is 1.13. The molecule has 7 nitrogen and oxygen atoms in total. The van der Waals surface area contributed by atoms with Crippen LogP contribution >= 0.6 is 0 Å². The van der Waals surface area contributed by atoms with E-state index in [1.165, 1.54) is 5.56 Å². The van der Waals surface area contributed by atoms with E-state index < -0.39 is 0 Å². The number of pyridine rings is 2. The highest BCUT2D eigenvalue weighted by atomic mass is 16.1. The highest BCUT2D eigenvalue weighted by molar-refractivity contribution is 5.96. The number of piperidine rings is 1. The molecule has 2 saturated heterocycles. The molecular weight excluding hydrogens is 448 g/mol. The van der Waals surface area contributed by atoms with Crippen LogP contribution in [0.15, 0.2) is 61.1 Å². The summed E-state index contributed by atoms with van der Waals surface area (Å²) in [5.41, 5.74) is 5.18. The monoisotopic (exact) mass is 484 g/mol. The predicted molar refractivity (Wildman–Crippen MR) is 144 cm³/mol. The quantitative estimate of drug-likeness (QED) is 0.577. The van der Waals surface area contributed by atoms with Crippen LogP contribution in [0.4, 0.5) is 5.82 Å². The Morgan fingerprint density at radius 3 is 2.50 bits per heavy atom. The Morgan fingerprint density at radius 2 is 1.81 bits per heavy atom. The van der Waals surface area contributed by atoms with E-state index >= 15 is 0 Å². The molecule has 5 rings (SSSR count). The van der Waals surface area contributed by atoms with Gasteiger partial charge in [-0.1, -0.05) is 18.2 Å². The summed E-state index contributed by atoms with van der Waals surface area (Å²) < 4.78 is 0. The zero-order valence-corrected chi connectivity index (χ0v) is 21.4. The van der Waals surface area contributed by atoms with Gasteiger partial charge in [-0.2, -0.15) is 0 Å². The number of aryl methyl sites for hydroxylation is 1. The number of benzene rings is 1. The fraction of sp³-hybridized carbons (Fsp3) is 0.414. The molecule has 1 amide bonds. The van der Waals surface area contributed by atoms with Gasteiger partial charge in [0.25, 0.3) is 5.91 Å². The number of anilines is 1. The van der Waals surface area contributed by atoms with E-state index in [1.54, 1.807) is 6.20 Å². The summed E-state index contributed by atoms with van der Waals surface area (Å²) in [6.45, 7) is 9.31. The zero-order valence-electron chi connectivity index (χ0n) is 21.4. The lowest BCUT2D eigenvalue weighted by molar-refractivity contribution is 0.0931. The molecule has 0 aliphatic carbocycles. The Bertz CT molecular complexity index is 1150. The van der Waals surface area contributed by atoms with Crippen molar-refractivity contribution in [3.8, 4) is 11.1 Å². The maximum atomic E-state index is 13.0. The number of piperazine rings is 1. The number of amides is 1. The van der Waals surface area contributed by atoms with E-state index in [2.05, 4.69) is 51.1 Å². The Hall–Kier alpha value is -3.29. The fourth-order valence-corrected chi connectivity index (χ4v) is 5.08. The van der Waals surface area contributed by atoms with Gasteiger partial charge < -0.3 is 15.1 Å². The van der Waals surface area contributed by atoms with Gasteiger partial charge in [0, 0.05) is 81.6 Å². The first-order valence-electron chi connectivity index (χ1n) is 13.0. The molecule has 36 heavy (non-hydrogen) atoms. The lowest BCUT2D eigenvalue weighted by Crippen LogP contribution is -2.45. The van der Waals surface area contributed by atoms with Crippen LogP contribution < -0.4 is 10.2 Å². The average Bonchev–Trinajstić information content (AvgIpc) is 2.92. The topological polar surface area (TPSA) is 64.6 Å². The number of carbonyl (C=O) groups excluding carboxylic acids is 1. The SMILES string of the molecule is Cc1ccc(C(=O)NC2CCN(c3ccc(CN4CCN(C)CC4)cn3)CC2)cc1-c1cccnc1. The molecule has 7 heteroatoms. The minimum atomic E-state index is -0.00928. The summed E-state index contributed by atoms with van der Waals surface area (Å²) >= 11 is 0. The molecule has 2 aliphatic heterocycles. The van der Waals surface area contributed by atoms with Crippen molar-refractivity contribution >= 4 is 11.7 Å². The Morgan fingerprint density at radius 1 is 1.00 bits per heavy atom. The van der Waals surface area contributed by atoms with Gasteiger partial charge in [-0.05, 0) is 67.8 Å².